The van der Waals surface area contributed by atoms with Crippen molar-refractivity contribution in [2.45, 2.75) is 43.9 Å². The zero-order chi connectivity index (χ0) is 20.6. The number of urea groups is 1. The zero-order valence-corrected chi connectivity index (χ0v) is 16.7. The van der Waals surface area contributed by atoms with E-state index in [4.69, 9.17) is 9.47 Å². The van der Waals surface area contributed by atoms with E-state index in [1.807, 2.05) is 4.90 Å². The van der Waals surface area contributed by atoms with Crippen LogP contribution in [0.25, 0.3) is 0 Å². The first-order chi connectivity index (χ1) is 14.1. The Morgan fingerprint density at radius 1 is 1.24 bits per heavy atom. The van der Waals surface area contributed by atoms with Gasteiger partial charge in [-0.1, -0.05) is 18.2 Å². The average Bonchev–Trinajstić information content (AvgIpc) is 2.75. The lowest BCUT2D eigenvalue weighted by molar-refractivity contribution is -0.136. The number of benzene rings is 1. The molecule has 8 heteroatoms. The number of aliphatic hydroxyl groups excluding tert-OH is 1. The molecule has 158 valence electrons. The monoisotopic (exact) mass is 403 g/mol. The fourth-order valence-electron chi connectivity index (χ4n) is 3.60. The second-order valence-electron chi connectivity index (χ2n) is 7.28. The van der Waals surface area contributed by atoms with Crippen molar-refractivity contribution in [3.63, 3.8) is 0 Å². The molecule has 1 fully saturated rings. The number of ether oxygens (including phenoxy) is 2. The number of hydrogen-bond donors (Lipinski definition) is 3. The topological polar surface area (TPSA) is 100 Å². The Morgan fingerprint density at radius 2 is 2.03 bits per heavy atom. The van der Waals surface area contributed by atoms with Crippen molar-refractivity contribution in [3.8, 4) is 5.75 Å². The van der Waals surface area contributed by atoms with Crippen LogP contribution >= 0.6 is 0 Å². The summed E-state index contributed by atoms with van der Waals surface area (Å²) in [7, 11) is 1.56. The second kappa shape index (κ2) is 10.3. The molecule has 3 amide bonds. The maximum atomic E-state index is 12.4. The van der Waals surface area contributed by atoms with Gasteiger partial charge in [0.05, 0.1) is 32.3 Å². The van der Waals surface area contributed by atoms with E-state index in [1.165, 1.54) is 6.42 Å². The quantitative estimate of drug-likeness (QED) is 0.630. The number of aliphatic hydroxyl groups is 1. The number of carbonyl (C=O) groups is 2. The third kappa shape index (κ3) is 5.95. The lowest BCUT2D eigenvalue weighted by Gasteiger charge is -2.33. The van der Waals surface area contributed by atoms with Gasteiger partial charge in [0.2, 0.25) is 5.91 Å². The zero-order valence-electron chi connectivity index (χ0n) is 16.7. The summed E-state index contributed by atoms with van der Waals surface area (Å²) in [6, 6.07) is 6.11. The molecular weight excluding hydrogens is 374 g/mol. The van der Waals surface area contributed by atoms with Gasteiger partial charge in [0.15, 0.2) is 0 Å². The Hall–Kier alpha value is -2.58. The standard InChI is InChI=1S/C21H29N3O5/c1-28-16-7-5-6-15(12-16)22-21(27)23-18-9-8-17(29-19(18)14-25)13-20(26)24-10-3-2-4-11-24/h5-9,12,17-19,25H,2-4,10-11,13-14H2,1H3,(H2,22,23,27)/t17-,18-,19-/m0/s1. The summed E-state index contributed by atoms with van der Waals surface area (Å²) >= 11 is 0. The van der Waals surface area contributed by atoms with E-state index in [0.29, 0.717) is 11.4 Å². The van der Waals surface area contributed by atoms with E-state index in [0.717, 1.165) is 25.9 Å². The van der Waals surface area contributed by atoms with Crippen LogP contribution in [-0.4, -0.2) is 67.0 Å². The molecule has 2 aliphatic rings. The van der Waals surface area contributed by atoms with Crippen LogP contribution in [-0.2, 0) is 9.53 Å². The van der Waals surface area contributed by atoms with E-state index in [9.17, 15) is 14.7 Å². The highest BCUT2D eigenvalue weighted by atomic mass is 16.5. The second-order valence-corrected chi connectivity index (χ2v) is 7.28. The normalized spacial score (nSPS) is 24.1. The molecule has 2 heterocycles. The highest BCUT2D eigenvalue weighted by Crippen LogP contribution is 2.19. The van der Waals surface area contributed by atoms with Crippen molar-refractivity contribution >= 4 is 17.6 Å². The third-order valence-electron chi connectivity index (χ3n) is 5.17. The van der Waals surface area contributed by atoms with E-state index in [-0.39, 0.29) is 18.9 Å². The minimum absolute atomic E-state index is 0.0678. The van der Waals surface area contributed by atoms with Crippen LogP contribution in [0.3, 0.4) is 0 Å². The predicted octanol–water partition coefficient (Wildman–Crippen LogP) is 1.90. The third-order valence-corrected chi connectivity index (χ3v) is 5.17. The summed E-state index contributed by atoms with van der Waals surface area (Å²) in [4.78, 5) is 26.6. The van der Waals surface area contributed by atoms with Crippen LogP contribution in [0.1, 0.15) is 25.7 Å². The van der Waals surface area contributed by atoms with Gasteiger partial charge >= 0.3 is 6.03 Å². The Bertz CT molecular complexity index is 733. The van der Waals surface area contributed by atoms with Gasteiger partial charge in [-0.05, 0) is 31.4 Å². The molecule has 0 unspecified atom stereocenters. The molecule has 0 bridgehead atoms. The molecule has 0 radical (unpaired) electrons. The first-order valence-corrected chi connectivity index (χ1v) is 10.0. The van der Waals surface area contributed by atoms with Crippen molar-refractivity contribution in [3.05, 3.63) is 36.4 Å². The Kier molecular flexibility index (Phi) is 7.48. The molecule has 0 aliphatic carbocycles. The SMILES string of the molecule is COc1cccc(NC(=O)N[C@H]2C=C[C@@H](CC(=O)N3CCCCC3)O[C@H]2CO)c1. The molecule has 1 aromatic carbocycles. The Labute approximate surface area is 170 Å². The number of likely N-dealkylation sites (tertiary alicyclic amines) is 1. The van der Waals surface area contributed by atoms with Crippen molar-refractivity contribution in [2.24, 2.45) is 0 Å². The van der Waals surface area contributed by atoms with Crippen molar-refractivity contribution in [2.75, 3.05) is 32.1 Å². The lowest BCUT2D eigenvalue weighted by atomic mass is 10.0. The number of anilines is 1. The molecule has 29 heavy (non-hydrogen) atoms. The molecule has 0 aromatic heterocycles. The number of nitrogens with zero attached hydrogens (tertiary/aromatic N) is 1. The van der Waals surface area contributed by atoms with Gasteiger partial charge in [-0.3, -0.25) is 4.79 Å². The molecule has 2 aliphatic heterocycles. The van der Waals surface area contributed by atoms with E-state index in [2.05, 4.69) is 10.6 Å². The maximum Gasteiger partial charge on any atom is 0.319 e. The molecule has 8 nitrogen and oxygen atoms in total. The van der Waals surface area contributed by atoms with Gasteiger partial charge in [-0.15, -0.1) is 0 Å². The number of methoxy groups -OCH3 is 1. The number of rotatable bonds is 6. The first kappa shape index (κ1) is 21.1. The average molecular weight is 403 g/mol. The number of piperidine rings is 1. The fraction of sp³-hybridized carbons (Fsp3) is 0.524. The summed E-state index contributed by atoms with van der Waals surface area (Å²) in [5.41, 5.74) is 0.591. The van der Waals surface area contributed by atoms with Crippen LogP contribution in [0.2, 0.25) is 0 Å². The van der Waals surface area contributed by atoms with Crippen molar-refractivity contribution in [1.29, 1.82) is 0 Å². The van der Waals surface area contributed by atoms with Crippen molar-refractivity contribution < 1.29 is 24.2 Å². The van der Waals surface area contributed by atoms with Crippen LogP contribution in [0.15, 0.2) is 36.4 Å². The molecule has 3 atom stereocenters. The van der Waals surface area contributed by atoms with E-state index in [1.54, 1.807) is 43.5 Å². The van der Waals surface area contributed by atoms with E-state index >= 15 is 0 Å². The largest absolute Gasteiger partial charge is 0.497 e. The van der Waals surface area contributed by atoms with Crippen LogP contribution in [0.4, 0.5) is 10.5 Å². The molecule has 0 spiro atoms. The van der Waals surface area contributed by atoms with Crippen molar-refractivity contribution in [1.82, 2.24) is 10.2 Å². The number of amides is 3. The fourth-order valence-corrected chi connectivity index (χ4v) is 3.60. The number of nitrogens with one attached hydrogen (secondary N) is 2. The molecule has 3 rings (SSSR count). The van der Waals surface area contributed by atoms with Crippen LogP contribution in [0.5, 0.6) is 5.75 Å². The molecule has 3 N–H and O–H groups in total. The summed E-state index contributed by atoms with van der Waals surface area (Å²) < 4.78 is 11.0. The van der Waals surface area contributed by atoms with Gasteiger partial charge < -0.3 is 30.1 Å². The van der Waals surface area contributed by atoms with Crippen LogP contribution in [0, 0.1) is 0 Å². The summed E-state index contributed by atoms with van der Waals surface area (Å²) in [6.45, 7) is 1.34. The Morgan fingerprint density at radius 3 is 2.76 bits per heavy atom. The van der Waals surface area contributed by atoms with Crippen LogP contribution < -0.4 is 15.4 Å². The summed E-state index contributed by atoms with van der Waals surface area (Å²) in [6.07, 6.45) is 6.04. The minimum Gasteiger partial charge on any atom is -0.497 e. The van der Waals surface area contributed by atoms with Gasteiger partial charge in [0.1, 0.15) is 11.9 Å². The molecule has 1 saturated heterocycles. The van der Waals surface area contributed by atoms with Gasteiger partial charge in [0, 0.05) is 24.8 Å². The molecule has 1 aromatic rings. The smallest absolute Gasteiger partial charge is 0.319 e. The molecular formula is C21H29N3O5. The summed E-state index contributed by atoms with van der Waals surface area (Å²) in [5.74, 6) is 0.705. The highest BCUT2D eigenvalue weighted by molar-refractivity contribution is 5.89. The van der Waals surface area contributed by atoms with Gasteiger partial charge in [-0.25, -0.2) is 4.79 Å². The Balaban J connectivity index is 1.53. The predicted molar refractivity (Wildman–Crippen MR) is 109 cm³/mol. The van der Waals surface area contributed by atoms with Gasteiger partial charge in [0.25, 0.3) is 0 Å². The summed E-state index contributed by atoms with van der Waals surface area (Å²) in [5, 5.41) is 15.2. The van der Waals surface area contributed by atoms with Gasteiger partial charge in [-0.2, -0.15) is 0 Å². The lowest BCUT2D eigenvalue weighted by Crippen LogP contribution is -2.50. The molecule has 0 saturated carbocycles. The maximum absolute atomic E-state index is 12.4. The highest BCUT2D eigenvalue weighted by Gasteiger charge is 2.30. The minimum atomic E-state index is -0.616. The number of hydrogen-bond acceptors (Lipinski definition) is 5. The van der Waals surface area contributed by atoms with E-state index < -0.39 is 24.3 Å². The first-order valence-electron chi connectivity index (χ1n) is 10.0. The number of carbonyl (C=O) groups excluding carboxylic acids is 2.